The van der Waals surface area contributed by atoms with Crippen LogP contribution in [0, 0.1) is 0 Å². The first kappa shape index (κ1) is 17.6. The predicted octanol–water partition coefficient (Wildman–Crippen LogP) is 1.85. The number of aromatic nitrogens is 4. The van der Waals surface area contributed by atoms with E-state index in [1.807, 2.05) is 0 Å². The van der Waals surface area contributed by atoms with Gasteiger partial charge >= 0.3 is 0 Å². The van der Waals surface area contributed by atoms with Crippen molar-refractivity contribution in [1.82, 2.24) is 29.7 Å². The lowest BCUT2D eigenvalue weighted by Crippen LogP contribution is -2.45. The summed E-state index contributed by atoms with van der Waals surface area (Å²) in [5.74, 6) is 1.28. The molecule has 1 aliphatic carbocycles. The number of rotatable bonds is 7. The molecule has 2 fully saturated rings. The average molecular weight is 360 g/mol. The van der Waals surface area contributed by atoms with Crippen LogP contribution in [0.15, 0.2) is 16.8 Å². The number of hydrogen-bond donors (Lipinski definition) is 0. The molecule has 8 nitrogen and oxygen atoms in total. The smallest absolute Gasteiger partial charge is 0.240 e. The Hall–Kier alpha value is -1.77. The molecule has 0 aromatic carbocycles. The quantitative estimate of drug-likeness (QED) is 0.746. The van der Waals surface area contributed by atoms with Crippen LogP contribution in [0.2, 0.25) is 0 Å². The second-order valence-electron chi connectivity index (χ2n) is 7.32. The Bertz CT molecular complexity index is 685. The maximum Gasteiger partial charge on any atom is 0.240 e. The molecule has 2 aliphatic rings. The van der Waals surface area contributed by atoms with Crippen molar-refractivity contribution in [3.63, 3.8) is 0 Å². The Labute approximate surface area is 154 Å². The fourth-order valence-corrected chi connectivity index (χ4v) is 3.90. The van der Waals surface area contributed by atoms with Crippen molar-refractivity contribution in [2.24, 2.45) is 0 Å². The van der Waals surface area contributed by atoms with E-state index in [4.69, 9.17) is 14.4 Å². The molecular formula is C18H28N6O2. The monoisotopic (exact) mass is 360 g/mol. The molecule has 2 aromatic rings. The maximum absolute atomic E-state index is 5.28. The molecule has 1 aliphatic heterocycles. The molecule has 0 atom stereocenters. The largest absolute Gasteiger partial charge is 0.377 e. The highest BCUT2D eigenvalue weighted by Gasteiger charge is 2.21. The van der Waals surface area contributed by atoms with Crippen molar-refractivity contribution in [2.75, 3.05) is 33.3 Å². The second kappa shape index (κ2) is 8.28. The highest BCUT2D eigenvalue weighted by atomic mass is 16.5. The van der Waals surface area contributed by atoms with Gasteiger partial charge in [-0.1, -0.05) is 18.0 Å². The van der Waals surface area contributed by atoms with Crippen molar-refractivity contribution in [2.45, 2.75) is 51.4 Å². The number of piperazine rings is 1. The van der Waals surface area contributed by atoms with E-state index in [9.17, 15) is 0 Å². The van der Waals surface area contributed by atoms with Crippen LogP contribution in [-0.4, -0.2) is 63.0 Å². The van der Waals surface area contributed by atoms with Crippen molar-refractivity contribution in [1.29, 1.82) is 0 Å². The van der Waals surface area contributed by atoms with Crippen LogP contribution in [0.25, 0.3) is 0 Å². The summed E-state index contributed by atoms with van der Waals surface area (Å²) >= 11 is 0. The predicted molar refractivity (Wildman–Crippen MR) is 95.3 cm³/mol. The van der Waals surface area contributed by atoms with Crippen LogP contribution in [0.3, 0.4) is 0 Å². The minimum atomic E-state index is 0.394. The minimum absolute atomic E-state index is 0.394. The highest BCUT2D eigenvalue weighted by Crippen LogP contribution is 2.28. The van der Waals surface area contributed by atoms with Crippen LogP contribution in [0.5, 0.6) is 0 Å². The van der Waals surface area contributed by atoms with Crippen LogP contribution in [0.4, 0.5) is 0 Å². The Balaban J connectivity index is 1.23. The van der Waals surface area contributed by atoms with Crippen LogP contribution < -0.4 is 0 Å². The molecule has 0 amide bonds. The van der Waals surface area contributed by atoms with E-state index in [0.717, 1.165) is 32.7 Å². The molecule has 26 heavy (non-hydrogen) atoms. The molecule has 0 radical (unpaired) electrons. The van der Waals surface area contributed by atoms with Gasteiger partial charge in [-0.25, -0.2) is 0 Å². The zero-order valence-corrected chi connectivity index (χ0v) is 15.5. The minimum Gasteiger partial charge on any atom is -0.377 e. The summed E-state index contributed by atoms with van der Waals surface area (Å²) in [6.45, 7) is 6.12. The fourth-order valence-electron chi connectivity index (χ4n) is 3.90. The summed E-state index contributed by atoms with van der Waals surface area (Å²) in [5.41, 5.74) is 1.19. The lowest BCUT2D eigenvalue weighted by Gasteiger charge is -2.33. The third-order valence-electron chi connectivity index (χ3n) is 5.36. The summed E-state index contributed by atoms with van der Waals surface area (Å²) in [5, 5.41) is 8.73. The second-order valence-corrected chi connectivity index (χ2v) is 7.32. The lowest BCUT2D eigenvalue weighted by molar-refractivity contribution is 0.111. The molecule has 1 saturated heterocycles. The summed E-state index contributed by atoms with van der Waals surface area (Å²) in [6.07, 6.45) is 7.40. The Morgan fingerprint density at radius 2 is 1.85 bits per heavy atom. The van der Waals surface area contributed by atoms with E-state index in [1.165, 1.54) is 31.4 Å². The Morgan fingerprint density at radius 3 is 2.58 bits per heavy atom. The summed E-state index contributed by atoms with van der Waals surface area (Å²) in [6, 6.07) is 2.80. The molecular weight excluding hydrogens is 332 g/mol. The fraction of sp³-hybridized carbons (Fsp3) is 0.722. The van der Waals surface area contributed by atoms with Gasteiger partial charge in [0.2, 0.25) is 5.89 Å². The van der Waals surface area contributed by atoms with E-state index in [0.29, 0.717) is 30.9 Å². The average Bonchev–Trinajstić information content (AvgIpc) is 3.39. The third-order valence-corrected chi connectivity index (χ3v) is 5.36. The van der Waals surface area contributed by atoms with E-state index in [-0.39, 0.29) is 0 Å². The lowest BCUT2D eigenvalue weighted by atomic mass is 10.3. The van der Waals surface area contributed by atoms with Gasteiger partial charge in [-0.15, -0.1) is 0 Å². The Kier molecular flexibility index (Phi) is 5.62. The Morgan fingerprint density at radius 1 is 1.12 bits per heavy atom. The molecule has 0 bridgehead atoms. The van der Waals surface area contributed by atoms with Gasteiger partial charge < -0.3 is 9.26 Å². The summed E-state index contributed by atoms with van der Waals surface area (Å²) in [4.78, 5) is 9.18. The van der Waals surface area contributed by atoms with Gasteiger partial charge in [0.1, 0.15) is 6.61 Å². The summed E-state index contributed by atoms with van der Waals surface area (Å²) < 4.78 is 12.5. The zero-order chi connectivity index (χ0) is 17.8. The first-order chi connectivity index (χ1) is 12.8. The van der Waals surface area contributed by atoms with Gasteiger partial charge in [0.15, 0.2) is 5.82 Å². The van der Waals surface area contributed by atoms with Crippen molar-refractivity contribution in [3.8, 4) is 0 Å². The number of methoxy groups -OCH3 is 1. The first-order valence-corrected chi connectivity index (χ1v) is 9.59. The van der Waals surface area contributed by atoms with E-state index in [1.54, 1.807) is 7.11 Å². The van der Waals surface area contributed by atoms with Crippen molar-refractivity contribution in [3.05, 3.63) is 29.7 Å². The highest BCUT2D eigenvalue weighted by molar-refractivity contribution is 5.00. The van der Waals surface area contributed by atoms with Gasteiger partial charge in [0, 0.05) is 46.0 Å². The molecule has 3 heterocycles. The van der Waals surface area contributed by atoms with Crippen LogP contribution in [0.1, 0.15) is 49.1 Å². The van der Waals surface area contributed by atoms with Gasteiger partial charge in [-0.05, 0) is 18.9 Å². The first-order valence-electron chi connectivity index (χ1n) is 9.59. The molecule has 0 spiro atoms. The van der Waals surface area contributed by atoms with Gasteiger partial charge in [0.05, 0.1) is 18.3 Å². The number of hydrogen-bond acceptors (Lipinski definition) is 7. The van der Waals surface area contributed by atoms with Crippen molar-refractivity contribution >= 4 is 0 Å². The zero-order valence-electron chi connectivity index (χ0n) is 15.5. The third kappa shape index (κ3) is 4.31. The van der Waals surface area contributed by atoms with E-state index in [2.05, 4.69) is 36.9 Å². The van der Waals surface area contributed by atoms with Gasteiger partial charge in [-0.3, -0.25) is 14.5 Å². The molecule has 0 N–H and O–H groups in total. The number of ether oxygens (including phenoxy) is 1. The van der Waals surface area contributed by atoms with E-state index < -0.39 is 0 Å². The molecule has 1 saturated carbocycles. The SMILES string of the molecule is COCc1noc(CN2CCN(Cc3ccn(C4CCCC4)n3)CC2)n1. The molecule has 8 heteroatoms. The molecule has 142 valence electrons. The normalized spacial score (nSPS) is 20.2. The van der Waals surface area contributed by atoms with Crippen molar-refractivity contribution < 1.29 is 9.26 Å². The molecule has 2 aromatic heterocycles. The summed E-state index contributed by atoms with van der Waals surface area (Å²) in [7, 11) is 1.63. The van der Waals surface area contributed by atoms with Gasteiger partial charge in [-0.2, -0.15) is 10.1 Å². The van der Waals surface area contributed by atoms with Crippen LogP contribution in [-0.2, 0) is 24.4 Å². The van der Waals surface area contributed by atoms with Gasteiger partial charge in [0.25, 0.3) is 0 Å². The van der Waals surface area contributed by atoms with E-state index >= 15 is 0 Å². The number of nitrogens with zero attached hydrogens (tertiary/aromatic N) is 6. The standard InChI is InChI=1S/C18H28N6O2/c1-25-14-17-19-18(26-21-17)13-23-10-8-22(9-11-23)12-15-6-7-24(20-15)16-4-2-3-5-16/h6-7,16H,2-5,8-14H2,1H3. The maximum atomic E-state index is 5.28. The molecule has 4 rings (SSSR count). The molecule has 0 unspecified atom stereocenters. The topological polar surface area (TPSA) is 72.5 Å². The van der Waals surface area contributed by atoms with Crippen LogP contribution >= 0.6 is 0 Å².